The number of hydrogen-bond acceptors (Lipinski definition) is 3. The molecular weight excluding hydrogens is 392 g/mol. The second kappa shape index (κ2) is 7.22. The van der Waals surface area contributed by atoms with Crippen LogP contribution in [0.3, 0.4) is 0 Å². The Bertz CT molecular complexity index is 1090. The number of carbonyl (C=O) groups excluding carboxylic acids is 1. The zero-order valence-electron chi connectivity index (χ0n) is 15.3. The third-order valence-corrected chi connectivity index (χ3v) is 5.43. The molecule has 140 valence electrons. The minimum absolute atomic E-state index is 0.137. The summed E-state index contributed by atoms with van der Waals surface area (Å²) >= 11 is 11.4. The number of benzene rings is 2. The van der Waals surface area contributed by atoms with Gasteiger partial charge in [-0.3, -0.25) is 9.69 Å². The van der Waals surface area contributed by atoms with Gasteiger partial charge >= 0.3 is 0 Å². The lowest BCUT2D eigenvalue weighted by Gasteiger charge is -2.11. The second-order valence-corrected chi connectivity index (χ2v) is 7.26. The summed E-state index contributed by atoms with van der Waals surface area (Å²) in [5.74, 6) is -0.137. The largest absolute Gasteiger partial charge is 0.317 e. The maximum atomic E-state index is 12.6. The lowest BCUT2D eigenvalue weighted by molar-refractivity contribution is -0.121. The first-order valence-electron chi connectivity index (χ1n) is 8.64. The maximum absolute atomic E-state index is 12.6. The van der Waals surface area contributed by atoms with E-state index in [1.54, 1.807) is 23.7 Å². The number of amides is 1. The molecule has 0 radical (unpaired) electrons. The van der Waals surface area contributed by atoms with E-state index in [1.165, 1.54) is 4.90 Å². The number of nitrogens with zero attached hydrogens (tertiary/aromatic N) is 4. The van der Waals surface area contributed by atoms with Gasteiger partial charge in [-0.05, 0) is 42.6 Å². The van der Waals surface area contributed by atoms with E-state index in [-0.39, 0.29) is 5.91 Å². The molecule has 3 aromatic rings. The van der Waals surface area contributed by atoms with Crippen LogP contribution in [-0.4, -0.2) is 44.7 Å². The van der Waals surface area contributed by atoms with Gasteiger partial charge in [-0.2, -0.15) is 5.10 Å². The fourth-order valence-electron chi connectivity index (χ4n) is 3.07. The first-order valence-corrected chi connectivity index (χ1v) is 9.43. The fraction of sp³-hybridized carbons (Fsp3) is 0.0952. The normalized spacial score (nSPS) is 15.8. The summed E-state index contributed by atoms with van der Waals surface area (Å²) in [4.78, 5) is 15.8. The molecule has 0 saturated carbocycles. The summed E-state index contributed by atoms with van der Waals surface area (Å²) in [5, 5.41) is 5.89. The highest BCUT2D eigenvalue weighted by atomic mass is 35.5. The van der Waals surface area contributed by atoms with E-state index in [0.717, 1.165) is 22.5 Å². The van der Waals surface area contributed by atoms with Gasteiger partial charge < -0.3 is 4.90 Å². The quantitative estimate of drug-likeness (QED) is 0.480. The molecule has 1 amide bonds. The van der Waals surface area contributed by atoms with Crippen LogP contribution in [0.5, 0.6) is 0 Å². The van der Waals surface area contributed by atoms with Crippen LogP contribution in [0.15, 0.2) is 66.5 Å². The van der Waals surface area contributed by atoms with E-state index in [0.29, 0.717) is 15.8 Å². The molecule has 1 aliphatic heterocycles. The third-order valence-electron chi connectivity index (χ3n) is 4.63. The molecule has 1 fully saturated rings. The molecule has 1 saturated heterocycles. The number of para-hydroxylation sites is 1. The summed E-state index contributed by atoms with van der Waals surface area (Å²) < 4.78 is 1.80. The van der Waals surface area contributed by atoms with Crippen LogP contribution in [0, 0.1) is 0 Å². The lowest BCUT2D eigenvalue weighted by atomic mass is 10.1. The zero-order valence-corrected chi connectivity index (χ0v) is 16.9. The van der Waals surface area contributed by atoms with Crippen LogP contribution in [0.25, 0.3) is 23.0 Å². The van der Waals surface area contributed by atoms with Crippen LogP contribution in [0.4, 0.5) is 0 Å². The highest BCUT2D eigenvalue weighted by molar-refractivity contribution is 7.80. The van der Waals surface area contributed by atoms with Gasteiger partial charge in [-0.15, -0.1) is 0 Å². The van der Waals surface area contributed by atoms with E-state index >= 15 is 0 Å². The number of halogens is 1. The maximum Gasteiger partial charge on any atom is 0.276 e. The van der Waals surface area contributed by atoms with Crippen molar-refractivity contribution >= 4 is 40.9 Å². The Hall–Kier alpha value is -2.96. The van der Waals surface area contributed by atoms with E-state index in [1.807, 2.05) is 66.9 Å². The van der Waals surface area contributed by atoms with Gasteiger partial charge in [0.1, 0.15) is 11.4 Å². The summed E-state index contributed by atoms with van der Waals surface area (Å²) in [5.41, 5.74) is 3.93. The molecule has 0 bridgehead atoms. The molecule has 0 spiro atoms. The summed E-state index contributed by atoms with van der Waals surface area (Å²) in [6.07, 6.45) is 3.74. The van der Waals surface area contributed by atoms with E-state index < -0.39 is 0 Å². The number of likely N-dealkylation sites (N-methyl/N-ethyl adjacent to an activating group) is 2. The first kappa shape index (κ1) is 18.4. The van der Waals surface area contributed by atoms with Gasteiger partial charge in [-0.1, -0.05) is 41.9 Å². The Labute approximate surface area is 173 Å². The Kier molecular flexibility index (Phi) is 4.75. The van der Waals surface area contributed by atoms with Crippen LogP contribution >= 0.6 is 23.8 Å². The molecule has 2 aromatic carbocycles. The number of rotatable bonds is 3. The molecule has 0 atom stereocenters. The Balaban J connectivity index is 1.87. The SMILES string of the molecule is CN1C(=O)/C(=C\c2cn(-c3ccccc3)nc2-c2ccc(Cl)cc2)N(C)C1=S. The number of carbonyl (C=O) groups is 1. The van der Waals surface area contributed by atoms with Crippen LogP contribution in [0.2, 0.25) is 5.02 Å². The van der Waals surface area contributed by atoms with Crippen LogP contribution in [-0.2, 0) is 4.79 Å². The van der Waals surface area contributed by atoms with Crippen molar-refractivity contribution in [1.29, 1.82) is 0 Å². The molecule has 7 heteroatoms. The van der Waals surface area contributed by atoms with Gasteiger partial charge in [0.2, 0.25) is 0 Å². The molecule has 1 aliphatic rings. The predicted molar refractivity (Wildman–Crippen MR) is 115 cm³/mol. The highest BCUT2D eigenvalue weighted by Crippen LogP contribution is 2.29. The molecule has 0 N–H and O–H groups in total. The minimum Gasteiger partial charge on any atom is -0.317 e. The summed E-state index contributed by atoms with van der Waals surface area (Å²) in [6.45, 7) is 0. The lowest BCUT2D eigenvalue weighted by Crippen LogP contribution is -2.26. The van der Waals surface area contributed by atoms with Crippen molar-refractivity contribution in [2.75, 3.05) is 14.1 Å². The highest BCUT2D eigenvalue weighted by Gasteiger charge is 2.33. The van der Waals surface area contributed by atoms with E-state index in [9.17, 15) is 4.79 Å². The number of aromatic nitrogens is 2. The summed E-state index contributed by atoms with van der Waals surface area (Å²) in [6, 6.07) is 17.3. The molecule has 1 aromatic heterocycles. The van der Waals surface area contributed by atoms with Gasteiger partial charge in [0.05, 0.1) is 5.69 Å². The molecule has 28 heavy (non-hydrogen) atoms. The summed E-state index contributed by atoms with van der Waals surface area (Å²) in [7, 11) is 3.47. The molecule has 2 heterocycles. The van der Waals surface area contributed by atoms with Crippen molar-refractivity contribution in [2.45, 2.75) is 0 Å². The standard InChI is InChI=1S/C21H17ClN4OS/c1-24-18(20(27)25(2)21(24)28)12-15-13-26(17-6-4-3-5-7-17)23-19(15)14-8-10-16(22)11-9-14/h3-13H,1-2H3/b18-12+. The number of thiocarbonyl (C=S) groups is 1. The van der Waals surface area contributed by atoms with Crippen molar-refractivity contribution in [3.05, 3.63) is 77.1 Å². The topological polar surface area (TPSA) is 41.4 Å². The number of hydrogen-bond donors (Lipinski definition) is 0. The molecule has 0 aliphatic carbocycles. The van der Waals surface area contributed by atoms with Gasteiger partial charge in [0.15, 0.2) is 5.11 Å². The smallest absolute Gasteiger partial charge is 0.276 e. The van der Waals surface area contributed by atoms with E-state index in [2.05, 4.69) is 0 Å². The molecule has 5 nitrogen and oxygen atoms in total. The Morgan fingerprint density at radius 1 is 1.00 bits per heavy atom. The van der Waals surface area contributed by atoms with Crippen molar-refractivity contribution in [2.24, 2.45) is 0 Å². The Morgan fingerprint density at radius 2 is 1.68 bits per heavy atom. The van der Waals surface area contributed by atoms with Crippen LogP contribution in [0.1, 0.15) is 5.56 Å². The van der Waals surface area contributed by atoms with Gasteiger partial charge in [-0.25, -0.2) is 4.68 Å². The average Bonchev–Trinajstić information content (AvgIpc) is 3.21. The Morgan fingerprint density at radius 3 is 2.29 bits per heavy atom. The van der Waals surface area contributed by atoms with Crippen molar-refractivity contribution in [3.8, 4) is 16.9 Å². The minimum atomic E-state index is -0.137. The first-order chi connectivity index (χ1) is 13.5. The van der Waals surface area contributed by atoms with Crippen molar-refractivity contribution < 1.29 is 4.79 Å². The third kappa shape index (κ3) is 3.21. The van der Waals surface area contributed by atoms with Gasteiger partial charge in [0, 0.05) is 36.4 Å². The van der Waals surface area contributed by atoms with Crippen molar-refractivity contribution in [3.63, 3.8) is 0 Å². The average molecular weight is 409 g/mol. The molecular formula is C21H17ClN4OS. The van der Waals surface area contributed by atoms with Crippen molar-refractivity contribution in [1.82, 2.24) is 19.6 Å². The monoisotopic (exact) mass is 408 g/mol. The fourth-order valence-corrected chi connectivity index (χ4v) is 3.38. The van der Waals surface area contributed by atoms with Gasteiger partial charge in [0.25, 0.3) is 5.91 Å². The van der Waals surface area contributed by atoms with Crippen LogP contribution < -0.4 is 0 Å². The second-order valence-electron chi connectivity index (χ2n) is 6.46. The predicted octanol–water partition coefficient (Wildman–Crippen LogP) is 4.22. The molecule has 0 unspecified atom stereocenters. The molecule has 4 rings (SSSR count). The van der Waals surface area contributed by atoms with E-state index in [4.69, 9.17) is 28.9 Å². The zero-order chi connectivity index (χ0) is 19.8.